The molecule has 0 amide bonds. The normalized spacial score (nSPS) is 17.0. The number of nitrogens with one attached hydrogen (secondary N) is 1. The van der Waals surface area contributed by atoms with Gasteiger partial charge < -0.3 is 14.2 Å². The number of aromatic amines is 1. The van der Waals surface area contributed by atoms with E-state index in [1.54, 1.807) is 11.3 Å². The van der Waals surface area contributed by atoms with E-state index < -0.39 is 0 Å². The lowest BCUT2D eigenvalue weighted by atomic mass is 10.3. The third kappa shape index (κ3) is 2.70. The van der Waals surface area contributed by atoms with Crippen molar-refractivity contribution in [3.05, 3.63) is 10.2 Å². The zero-order valence-electron chi connectivity index (χ0n) is 10.6. The van der Waals surface area contributed by atoms with Crippen molar-refractivity contribution >= 4 is 28.7 Å². The monoisotopic (exact) mass is 297 g/mol. The minimum Gasteiger partial charge on any atom is -0.408 e. The molecule has 0 aromatic carbocycles. The fraction of sp³-hybridized carbons (Fsp3) is 0.545. The van der Waals surface area contributed by atoms with E-state index in [9.17, 15) is 0 Å². The van der Waals surface area contributed by atoms with Crippen LogP contribution in [-0.2, 0) is 0 Å². The van der Waals surface area contributed by atoms with Gasteiger partial charge in [0.25, 0.3) is 10.7 Å². The van der Waals surface area contributed by atoms with Crippen LogP contribution in [0.2, 0.25) is 0 Å². The van der Waals surface area contributed by atoms with Crippen LogP contribution in [0, 0.1) is 4.84 Å². The van der Waals surface area contributed by atoms with Gasteiger partial charge in [-0.25, -0.2) is 10.1 Å². The number of H-pyrrole nitrogens is 1. The lowest BCUT2D eigenvalue weighted by Crippen LogP contribution is -2.46. The largest absolute Gasteiger partial charge is 0.408 e. The second-order valence-electron chi connectivity index (χ2n) is 4.35. The first-order chi connectivity index (χ1) is 9.26. The quantitative estimate of drug-likeness (QED) is 0.874. The molecule has 0 atom stereocenters. The third-order valence-corrected chi connectivity index (χ3v) is 4.32. The number of likely N-dealkylation sites (N-methyl/N-ethyl adjacent to an activating group) is 1. The number of rotatable bonds is 3. The third-order valence-electron chi connectivity index (χ3n) is 3.24. The number of piperazine rings is 1. The van der Waals surface area contributed by atoms with Crippen molar-refractivity contribution in [1.82, 2.24) is 20.1 Å². The SMILES string of the molecule is CCN1CCN(c2nc(-c3n[nH]c(=S)o3)cs2)CC1. The molecule has 0 radical (unpaired) electrons. The molecular weight excluding hydrogens is 282 g/mol. The Morgan fingerprint density at radius 2 is 2.21 bits per heavy atom. The van der Waals surface area contributed by atoms with E-state index in [4.69, 9.17) is 16.6 Å². The van der Waals surface area contributed by atoms with Gasteiger partial charge in [-0.2, -0.15) is 0 Å². The Kier molecular flexibility index (Phi) is 3.63. The molecule has 19 heavy (non-hydrogen) atoms. The summed E-state index contributed by atoms with van der Waals surface area (Å²) in [5.74, 6) is 0.458. The van der Waals surface area contributed by atoms with Crippen molar-refractivity contribution in [2.75, 3.05) is 37.6 Å². The van der Waals surface area contributed by atoms with Crippen LogP contribution < -0.4 is 4.90 Å². The van der Waals surface area contributed by atoms with Gasteiger partial charge in [0.2, 0.25) is 0 Å². The average Bonchev–Trinajstić information content (AvgIpc) is 3.07. The fourth-order valence-corrected chi connectivity index (χ4v) is 3.08. The molecule has 1 aliphatic heterocycles. The lowest BCUT2D eigenvalue weighted by Gasteiger charge is -2.33. The molecule has 3 heterocycles. The van der Waals surface area contributed by atoms with Crippen molar-refractivity contribution in [1.29, 1.82) is 0 Å². The number of anilines is 1. The van der Waals surface area contributed by atoms with E-state index in [1.165, 1.54) is 0 Å². The van der Waals surface area contributed by atoms with Gasteiger partial charge in [0.15, 0.2) is 5.13 Å². The summed E-state index contributed by atoms with van der Waals surface area (Å²) >= 11 is 6.48. The van der Waals surface area contributed by atoms with E-state index in [-0.39, 0.29) is 4.84 Å². The maximum absolute atomic E-state index is 5.27. The molecule has 3 rings (SSSR count). The van der Waals surface area contributed by atoms with Crippen LogP contribution in [-0.4, -0.2) is 52.8 Å². The van der Waals surface area contributed by atoms with E-state index in [0.29, 0.717) is 5.89 Å². The zero-order valence-corrected chi connectivity index (χ0v) is 12.3. The molecule has 0 unspecified atom stereocenters. The van der Waals surface area contributed by atoms with E-state index in [1.807, 2.05) is 5.38 Å². The van der Waals surface area contributed by atoms with E-state index in [2.05, 4.69) is 31.9 Å². The molecule has 1 aliphatic rings. The molecule has 1 N–H and O–H groups in total. The van der Waals surface area contributed by atoms with Gasteiger partial charge in [0.05, 0.1) is 0 Å². The molecule has 0 spiro atoms. The summed E-state index contributed by atoms with van der Waals surface area (Å²) in [5, 5.41) is 9.58. The minimum absolute atomic E-state index is 0.279. The van der Waals surface area contributed by atoms with Crippen LogP contribution in [0.3, 0.4) is 0 Å². The first-order valence-electron chi connectivity index (χ1n) is 6.25. The Bertz CT molecular complexity index is 596. The van der Waals surface area contributed by atoms with Gasteiger partial charge in [-0.3, -0.25) is 0 Å². The summed E-state index contributed by atoms with van der Waals surface area (Å²) in [5.41, 5.74) is 0.741. The molecule has 2 aromatic heterocycles. The maximum atomic E-state index is 5.27. The summed E-state index contributed by atoms with van der Waals surface area (Å²) < 4.78 is 5.27. The molecular formula is C11H15N5OS2. The van der Waals surface area contributed by atoms with Crippen LogP contribution in [0.4, 0.5) is 5.13 Å². The Labute approximate surface area is 120 Å². The highest BCUT2D eigenvalue weighted by atomic mass is 32.1. The number of nitrogens with zero attached hydrogens (tertiary/aromatic N) is 4. The van der Waals surface area contributed by atoms with Crippen LogP contribution in [0.15, 0.2) is 9.80 Å². The summed E-state index contributed by atoms with van der Waals surface area (Å²) in [4.78, 5) is 9.60. The first-order valence-corrected chi connectivity index (χ1v) is 7.54. The topological polar surface area (TPSA) is 61.2 Å². The van der Waals surface area contributed by atoms with Gasteiger partial charge in [0, 0.05) is 31.6 Å². The van der Waals surface area contributed by atoms with Gasteiger partial charge in [0.1, 0.15) is 5.69 Å². The number of thiazole rings is 1. The molecule has 0 aliphatic carbocycles. The average molecular weight is 297 g/mol. The van der Waals surface area contributed by atoms with Gasteiger partial charge >= 0.3 is 0 Å². The van der Waals surface area contributed by atoms with Crippen LogP contribution in [0.5, 0.6) is 0 Å². The van der Waals surface area contributed by atoms with Crippen LogP contribution in [0.25, 0.3) is 11.6 Å². The Morgan fingerprint density at radius 1 is 1.42 bits per heavy atom. The maximum Gasteiger partial charge on any atom is 0.284 e. The lowest BCUT2D eigenvalue weighted by molar-refractivity contribution is 0.271. The highest BCUT2D eigenvalue weighted by Gasteiger charge is 2.19. The zero-order chi connectivity index (χ0) is 13.2. The molecule has 1 fully saturated rings. The summed E-state index contributed by atoms with van der Waals surface area (Å²) in [7, 11) is 0. The summed E-state index contributed by atoms with van der Waals surface area (Å²) in [6.07, 6.45) is 0. The molecule has 0 bridgehead atoms. The van der Waals surface area contributed by atoms with Gasteiger partial charge in [-0.1, -0.05) is 6.92 Å². The Balaban J connectivity index is 1.73. The Morgan fingerprint density at radius 3 is 2.84 bits per heavy atom. The molecule has 8 heteroatoms. The second-order valence-corrected chi connectivity index (χ2v) is 5.56. The number of hydrogen-bond acceptors (Lipinski definition) is 7. The van der Waals surface area contributed by atoms with Crippen LogP contribution >= 0.6 is 23.6 Å². The predicted molar refractivity (Wildman–Crippen MR) is 77.1 cm³/mol. The van der Waals surface area contributed by atoms with Crippen molar-refractivity contribution in [3.63, 3.8) is 0 Å². The van der Waals surface area contributed by atoms with E-state index >= 15 is 0 Å². The predicted octanol–water partition coefficient (Wildman–Crippen LogP) is 2.00. The minimum atomic E-state index is 0.279. The summed E-state index contributed by atoms with van der Waals surface area (Å²) in [6, 6.07) is 0. The highest BCUT2D eigenvalue weighted by molar-refractivity contribution is 7.71. The van der Waals surface area contributed by atoms with Gasteiger partial charge in [-0.15, -0.1) is 16.4 Å². The van der Waals surface area contributed by atoms with Crippen LogP contribution in [0.1, 0.15) is 6.92 Å². The van der Waals surface area contributed by atoms with Crippen molar-refractivity contribution in [2.45, 2.75) is 6.92 Å². The molecule has 1 saturated heterocycles. The first kappa shape index (κ1) is 12.8. The summed E-state index contributed by atoms with van der Waals surface area (Å²) in [6.45, 7) is 7.53. The van der Waals surface area contributed by atoms with Crippen molar-refractivity contribution in [2.24, 2.45) is 0 Å². The Hall–Kier alpha value is -1.25. The molecule has 6 nitrogen and oxygen atoms in total. The van der Waals surface area contributed by atoms with E-state index in [0.717, 1.165) is 43.5 Å². The smallest absolute Gasteiger partial charge is 0.284 e. The fourth-order valence-electron chi connectivity index (χ4n) is 2.10. The standard InChI is InChI=1S/C11H15N5OS2/c1-2-15-3-5-16(6-4-15)10-12-8(7-19-10)9-13-14-11(18)17-9/h7H,2-6H2,1H3,(H,14,18). The van der Waals surface area contributed by atoms with Crippen molar-refractivity contribution < 1.29 is 4.42 Å². The second kappa shape index (κ2) is 5.40. The molecule has 102 valence electrons. The molecule has 2 aromatic rings. The number of hydrogen-bond donors (Lipinski definition) is 1. The number of aromatic nitrogens is 3. The van der Waals surface area contributed by atoms with Gasteiger partial charge in [-0.05, 0) is 18.8 Å². The molecule has 0 saturated carbocycles. The van der Waals surface area contributed by atoms with Crippen molar-refractivity contribution in [3.8, 4) is 11.6 Å². The highest BCUT2D eigenvalue weighted by Crippen LogP contribution is 2.26.